The average Bonchev–Trinajstić information content (AvgIpc) is 3.25. The Balaban J connectivity index is 0.000000172. The summed E-state index contributed by atoms with van der Waals surface area (Å²) in [5.74, 6) is 0. The van der Waals surface area contributed by atoms with E-state index in [1.807, 2.05) is 24.5 Å². The number of pyridine rings is 3. The molecule has 0 aliphatic carbocycles. The average molecular weight is 664 g/mol. The van der Waals surface area contributed by atoms with E-state index < -0.39 is 0 Å². The summed E-state index contributed by atoms with van der Waals surface area (Å²) in [6, 6.07) is 24.1. The minimum Gasteiger partial charge on any atom is -0.360 e. The number of thiophene rings is 1. The van der Waals surface area contributed by atoms with E-state index in [0.717, 1.165) is 28.1 Å². The number of fused-ring (bicyclic) bond motifs is 3. The van der Waals surface area contributed by atoms with Crippen LogP contribution < -0.4 is 0 Å². The van der Waals surface area contributed by atoms with Gasteiger partial charge in [-0.05, 0) is 53.8 Å². The molecule has 0 bridgehead atoms. The molecule has 6 aromatic rings. The zero-order valence-electron chi connectivity index (χ0n) is 20.6. The van der Waals surface area contributed by atoms with Crippen LogP contribution in [-0.4, -0.2) is 15.0 Å². The fourth-order valence-corrected chi connectivity index (χ4v) is 4.94. The van der Waals surface area contributed by atoms with E-state index in [4.69, 9.17) is 0 Å². The van der Waals surface area contributed by atoms with Crippen molar-refractivity contribution in [1.82, 2.24) is 15.0 Å². The Hall–Kier alpha value is -3.24. The van der Waals surface area contributed by atoms with Gasteiger partial charge in [0.2, 0.25) is 0 Å². The molecule has 2 aromatic carbocycles. The van der Waals surface area contributed by atoms with Crippen molar-refractivity contribution in [2.24, 2.45) is 0 Å². The first-order chi connectivity index (χ1) is 17.0. The van der Waals surface area contributed by atoms with Gasteiger partial charge in [0.25, 0.3) is 0 Å². The Kier molecular flexibility index (Phi) is 8.05. The van der Waals surface area contributed by atoms with Crippen LogP contribution in [0.1, 0.15) is 22.3 Å². The minimum atomic E-state index is 0. The molecule has 0 N–H and O–H groups in total. The van der Waals surface area contributed by atoms with Crippen LogP contribution in [0.25, 0.3) is 42.7 Å². The van der Waals surface area contributed by atoms with E-state index in [9.17, 15) is 0 Å². The molecule has 0 aliphatic heterocycles. The van der Waals surface area contributed by atoms with E-state index in [-0.39, 0.29) is 20.1 Å². The number of nitrogens with zero attached hydrogens (tertiary/aromatic N) is 3. The molecule has 0 amide bonds. The van der Waals surface area contributed by atoms with Crippen molar-refractivity contribution in [1.29, 1.82) is 0 Å². The molecule has 0 saturated heterocycles. The maximum atomic E-state index is 4.57. The van der Waals surface area contributed by atoms with Gasteiger partial charge in [-0.1, -0.05) is 55.9 Å². The Labute approximate surface area is 229 Å². The van der Waals surface area contributed by atoms with Gasteiger partial charge >= 0.3 is 0 Å². The van der Waals surface area contributed by atoms with E-state index in [2.05, 4.69) is 103 Å². The second kappa shape index (κ2) is 11.2. The number of aryl methyl sites for hydroxylation is 4. The number of rotatable bonds is 2. The third-order valence-electron chi connectivity index (χ3n) is 6.11. The minimum absolute atomic E-state index is 0. The van der Waals surface area contributed by atoms with Crippen LogP contribution in [0.4, 0.5) is 0 Å². The summed E-state index contributed by atoms with van der Waals surface area (Å²) >= 11 is 1.78. The molecule has 0 saturated carbocycles. The number of hydrogen-bond acceptors (Lipinski definition) is 4. The van der Waals surface area contributed by atoms with E-state index in [1.54, 1.807) is 17.5 Å². The number of aromatic nitrogens is 3. The molecule has 3 nitrogen and oxygen atoms in total. The molecule has 5 heteroatoms. The SMILES string of the molecule is Cc1c[c-]c(-c2cc(C)c(C)cn2)cc1.Cc1ccn[c-]c1-c1cc2c(cn1)sc1ccccc12.[Ir]. The predicted octanol–water partition coefficient (Wildman–Crippen LogP) is 8.09. The summed E-state index contributed by atoms with van der Waals surface area (Å²) in [6.07, 6.45) is 8.68. The van der Waals surface area contributed by atoms with Gasteiger partial charge in [0.1, 0.15) is 0 Å². The standard InChI is InChI=1S/C17H11N2S.C14H14N.Ir/c1-11-6-7-18-9-14(11)15-8-13-12-4-2-3-5-16(12)20-17(13)10-19-15;1-10-4-6-13(7-5-10)14-8-11(2)12(3)9-15-14;/h2-8,10H,1H3;4-6,8-9H,1-3H3;/q2*-1;. The van der Waals surface area contributed by atoms with E-state index >= 15 is 0 Å². The van der Waals surface area contributed by atoms with Gasteiger partial charge in [-0.2, -0.15) is 0 Å². The molecule has 0 aliphatic rings. The first-order valence-corrected chi connectivity index (χ1v) is 12.3. The van der Waals surface area contributed by atoms with Crippen LogP contribution in [0.2, 0.25) is 0 Å². The summed E-state index contributed by atoms with van der Waals surface area (Å²) in [7, 11) is 0. The maximum Gasteiger partial charge on any atom is 0.0521 e. The largest absolute Gasteiger partial charge is 0.360 e. The summed E-state index contributed by atoms with van der Waals surface area (Å²) in [5, 5.41) is 2.55. The van der Waals surface area contributed by atoms with Gasteiger partial charge in [0.05, 0.1) is 4.70 Å². The Bertz CT molecular complexity index is 1640. The quantitative estimate of drug-likeness (QED) is 0.176. The van der Waals surface area contributed by atoms with Crippen molar-refractivity contribution < 1.29 is 20.1 Å². The molecular formula is C31H25IrN3S-2. The third kappa shape index (κ3) is 5.44. The van der Waals surface area contributed by atoms with Gasteiger partial charge in [0, 0.05) is 37.2 Å². The van der Waals surface area contributed by atoms with Crippen LogP contribution in [0, 0.1) is 40.0 Å². The van der Waals surface area contributed by atoms with Gasteiger partial charge in [0.15, 0.2) is 0 Å². The van der Waals surface area contributed by atoms with Crippen molar-refractivity contribution in [2.45, 2.75) is 27.7 Å². The smallest absolute Gasteiger partial charge is 0.0521 e. The second-order valence-corrected chi connectivity index (χ2v) is 9.80. The van der Waals surface area contributed by atoms with Gasteiger partial charge in [-0.15, -0.1) is 63.9 Å². The van der Waals surface area contributed by atoms with Crippen molar-refractivity contribution in [2.75, 3.05) is 0 Å². The van der Waals surface area contributed by atoms with E-state index in [1.165, 1.54) is 36.9 Å². The molecular weight excluding hydrogens is 639 g/mol. The van der Waals surface area contributed by atoms with Crippen LogP contribution in [0.15, 0.2) is 79.3 Å². The molecule has 4 aromatic heterocycles. The van der Waals surface area contributed by atoms with Crippen LogP contribution in [-0.2, 0) is 20.1 Å². The van der Waals surface area contributed by atoms with Gasteiger partial charge < -0.3 is 15.0 Å². The zero-order chi connectivity index (χ0) is 24.4. The molecule has 0 unspecified atom stereocenters. The predicted molar refractivity (Wildman–Crippen MR) is 147 cm³/mol. The third-order valence-corrected chi connectivity index (χ3v) is 7.23. The summed E-state index contributed by atoms with van der Waals surface area (Å²) in [4.78, 5) is 13.1. The molecule has 36 heavy (non-hydrogen) atoms. The van der Waals surface area contributed by atoms with E-state index in [0.29, 0.717) is 0 Å². The second-order valence-electron chi connectivity index (χ2n) is 8.71. The fourth-order valence-electron chi connectivity index (χ4n) is 3.88. The van der Waals surface area contributed by atoms with Crippen molar-refractivity contribution in [3.63, 3.8) is 0 Å². The van der Waals surface area contributed by atoms with Crippen molar-refractivity contribution in [3.8, 4) is 22.5 Å². The Morgan fingerprint density at radius 3 is 2.28 bits per heavy atom. The molecule has 6 rings (SSSR count). The Morgan fingerprint density at radius 1 is 0.722 bits per heavy atom. The molecule has 0 atom stereocenters. The van der Waals surface area contributed by atoms with Crippen LogP contribution in [0.5, 0.6) is 0 Å². The Morgan fingerprint density at radius 2 is 1.53 bits per heavy atom. The monoisotopic (exact) mass is 664 g/mol. The number of benzene rings is 2. The molecule has 181 valence electrons. The molecule has 0 fully saturated rings. The fraction of sp³-hybridized carbons (Fsp3) is 0.129. The first kappa shape index (κ1) is 25.8. The van der Waals surface area contributed by atoms with Crippen molar-refractivity contribution in [3.05, 3.63) is 114 Å². The first-order valence-electron chi connectivity index (χ1n) is 11.5. The van der Waals surface area contributed by atoms with Crippen LogP contribution in [0.3, 0.4) is 0 Å². The summed E-state index contributed by atoms with van der Waals surface area (Å²) in [5.41, 5.74) is 8.84. The van der Waals surface area contributed by atoms with Gasteiger partial charge in [-0.25, -0.2) is 0 Å². The normalized spacial score (nSPS) is 10.6. The zero-order valence-corrected chi connectivity index (χ0v) is 23.8. The summed E-state index contributed by atoms with van der Waals surface area (Å²) in [6.45, 7) is 8.30. The molecule has 1 radical (unpaired) electrons. The maximum absolute atomic E-state index is 4.57. The van der Waals surface area contributed by atoms with Crippen LogP contribution >= 0.6 is 11.3 Å². The van der Waals surface area contributed by atoms with Gasteiger partial charge in [-0.3, -0.25) is 0 Å². The molecule has 4 heterocycles. The van der Waals surface area contributed by atoms with Crippen molar-refractivity contribution >= 4 is 31.5 Å². The molecule has 0 spiro atoms. The topological polar surface area (TPSA) is 38.7 Å². The summed E-state index contributed by atoms with van der Waals surface area (Å²) < 4.78 is 2.52. The number of hydrogen-bond donors (Lipinski definition) is 0.